The molecular formula is C25H19NO5. The van der Waals surface area contributed by atoms with Crippen molar-refractivity contribution in [3.63, 3.8) is 0 Å². The van der Waals surface area contributed by atoms with Gasteiger partial charge in [-0.05, 0) is 42.8 Å². The van der Waals surface area contributed by atoms with E-state index in [1.165, 1.54) is 4.90 Å². The van der Waals surface area contributed by atoms with Crippen LogP contribution in [0.25, 0.3) is 5.76 Å². The summed E-state index contributed by atoms with van der Waals surface area (Å²) in [6, 6.07) is 20.8. The van der Waals surface area contributed by atoms with E-state index in [2.05, 4.69) is 0 Å². The fraction of sp³-hybridized carbons (Fsp3) is 0.120. The molecule has 1 N–H and O–H groups in total. The van der Waals surface area contributed by atoms with Crippen molar-refractivity contribution in [2.24, 2.45) is 0 Å². The Balaban J connectivity index is 1.69. The molecule has 3 aromatic carbocycles. The van der Waals surface area contributed by atoms with E-state index < -0.39 is 17.7 Å². The van der Waals surface area contributed by atoms with Crippen LogP contribution >= 0.6 is 0 Å². The average Bonchev–Trinajstić information content (AvgIpc) is 3.37. The fourth-order valence-corrected chi connectivity index (χ4v) is 3.95. The molecule has 0 spiro atoms. The molecule has 0 aromatic heterocycles. The molecule has 1 fully saturated rings. The SMILES string of the molecule is Cc1ccc(N2C(=O)C(=O)/C(=C(\O)c3ccc4c(c3)OCO4)C2c2ccccc2)cc1. The number of carbonyl (C=O) groups is 2. The number of nitrogens with zero attached hydrogens (tertiary/aromatic N) is 1. The number of carbonyl (C=O) groups excluding carboxylic acids is 2. The first kappa shape index (κ1) is 18.9. The highest BCUT2D eigenvalue weighted by atomic mass is 16.7. The first-order valence-electron chi connectivity index (χ1n) is 9.87. The number of aliphatic hydroxyl groups excluding tert-OH is 1. The van der Waals surface area contributed by atoms with E-state index in [1.807, 2.05) is 49.4 Å². The summed E-state index contributed by atoms with van der Waals surface area (Å²) >= 11 is 0. The zero-order valence-corrected chi connectivity index (χ0v) is 16.7. The van der Waals surface area contributed by atoms with Crippen LogP contribution in [0, 0.1) is 6.92 Å². The minimum Gasteiger partial charge on any atom is -0.507 e. The summed E-state index contributed by atoms with van der Waals surface area (Å²) in [5.41, 5.74) is 2.77. The van der Waals surface area contributed by atoms with Crippen molar-refractivity contribution in [1.82, 2.24) is 0 Å². The van der Waals surface area contributed by atoms with Gasteiger partial charge in [-0.25, -0.2) is 0 Å². The molecule has 6 heteroatoms. The summed E-state index contributed by atoms with van der Waals surface area (Å²) in [5, 5.41) is 11.2. The minimum absolute atomic E-state index is 0.0376. The number of amides is 1. The van der Waals surface area contributed by atoms with E-state index in [4.69, 9.17) is 9.47 Å². The normalized spacial score (nSPS) is 19.1. The van der Waals surface area contributed by atoms with Crippen LogP contribution in [0.3, 0.4) is 0 Å². The maximum atomic E-state index is 13.1. The van der Waals surface area contributed by atoms with Gasteiger partial charge in [0.05, 0.1) is 11.6 Å². The summed E-state index contributed by atoms with van der Waals surface area (Å²) in [4.78, 5) is 27.7. The second kappa shape index (κ2) is 7.32. The third-order valence-corrected chi connectivity index (χ3v) is 5.52. The summed E-state index contributed by atoms with van der Waals surface area (Å²) < 4.78 is 10.7. The number of hydrogen-bond donors (Lipinski definition) is 1. The summed E-state index contributed by atoms with van der Waals surface area (Å²) in [6.07, 6.45) is 0. The molecule has 1 amide bonds. The third kappa shape index (κ3) is 3.13. The molecule has 0 bridgehead atoms. The molecule has 2 aliphatic rings. The van der Waals surface area contributed by atoms with Crippen LogP contribution < -0.4 is 14.4 Å². The van der Waals surface area contributed by atoms with Gasteiger partial charge in [0.1, 0.15) is 5.76 Å². The van der Waals surface area contributed by atoms with Crippen molar-refractivity contribution in [2.75, 3.05) is 11.7 Å². The lowest BCUT2D eigenvalue weighted by atomic mass is 9.95. The molecule has 2 aliphatic heterocycles. The van der Waals surface area contributed by atoms with Crippen LogP contribution in [-0.2, 0) is 9.59 Å². The molecule has 154 valence electrons. The Kier molecular flexibility index (Phi) is 4.47. The molecule has 1 unspecified atom stereocenters. The van der Waals surface area contributed by atoms with E-state index in [-0.39, 0.29) is 18.1 Å². The van der Waals surface area contributed by atoms with Crippen molar-refractivity contribution >= 4 is 23.1 Å². The van der Waals surface area contributed by atoms with E-state index in [1.54, 1.807) is 30.3 Å². The van der Waals surface area contributed by atoms with Gasteiger partial charge in [0.15, 0.2) is 11.5 Å². The summed E-state index contributed by atoms with van der Waals surface area (Å²) in [7, 11) is 0. The number of aliphatic hydroxyl groups is 1. The van der Waals surface area contributed by atoms with Crippen molar-refractivity contribution in [1.29, 1.82) is 0 Å². The lowest BCUT2D eigenvalue weighted by molar-refractivity contribution is -0.132. The smallest absolute Gasteiger partial charge is 0.300 e. The first-order valence-corrected chi connectivity index (χ1v) is 9.87. The predicted molar refractivity (Wildman–Crippen MR) is 115 cm³/mol. The molecule has 31 heavy (non-hydrogen) atoms. The fourth-order valence-electron chi connectivity index (χ4n) is 3.95. The monoisotopic (exact) mass is 413 g/mol. The highest BCUT2D eigenvalue weighted by Crippen LogP contribution is 2.43. The van der Waals surface area contributed by atoms with Crippen molar-refractivity contribution in [3.05, 3.63) is 95.1 Å². The lowest BCUT2D eigenvalue weighted by Crippen LogP contribution is -2.29. The molecule has 5 rings (SSSR count). The van der Waals surface area contributed by atoms with Crippen LogP contribution in [0.4, 0.5) is 5.69 Å². The average molecular weight is 413 g/mol. The van der Waals surface area contributed by atoms with Crippen molar-refractivity contribution in [2.45, 2.75) is 13.0 Å². The van der Waals surface area contributed by atoms with Crippen molar-refractivity contribution in [3.8, 4) is 11.5 Å². The molecule has 2 heterocycles. The molecule has 0 radical (unpaired) electrons. The quantitative estimate of drug-likeness (QED) is 0.393. The number of fused-ring (bicyclic) bond motifs is 1. The summed E-state index contributed by atoms with van der Waals surface area (Å²) in [6.45, 7) is 2.05. The highest BCUT2D eigenvalue weighted by molar-refractivity contribution is 6.51. The number of benzene rings is 3. The second-order valence-corrected chi connectivity index (χ2v) is 7.48. The van der Waals surface area contributed by atoms with E-state index >= 15 is 0 Å². The van der Waals surface area contributed by atoms with Crippen LogP contribution in [0.1, 0.15) is 22.7 Å². The number of Topliss-reactive ketones (excluding diaryl/α,β-unsaturated/α-hetero) is 1. The molecule has 0 saturated carbocycles. The molecule has 3 aromatic rings. The molecule has 1 saturated heterocycles. The lowest BCUT2D eigenvalue weighted by Gasteiger charge is -2.25. The molecule has 0 aliphatic carbocycles. The van der Waals surface area contributed by atoms with Crippen LogP contribution in [0.15, 0.2) is 78.4 Å². The van der Waals surface area contributed by atoms with Crippen molar-refractivity contribution < 1.29 is 24.2 Å². The Morgan fingerprint density at radius 2 is 1.65 bits per heavy atom. The Bertz CT molecular complexity index is 1210. The molecule has 1 atom stereocenters. The van der Waals surface area contributed by atoms with Gasteiger partial charge in [0.2, 0.25) is 6.79 Å². The molecule has 6 nitrogen and oxygen atoms in total. The molecular weight excluding hydrogens is 394 g/mol. The van der Waals surface area contributed by atoms with Gasteiger partial charge in [-0.15, -0.1) is 0 Å². The van der Waals surface area contributed by atoms with Gasteiger partial charge in [-0.1, -0.05) is 48.0 Å². The Hall–Kier alpha value is -4.06. The third-order valence-electron chi connectivity index (χ3n) is 5.52. The zero-order valence-electron chi connectivity index (χ0n) is 16.7. The van der Waals surface area contributed by atoms with Crippen LogP contribution in [0.2, 0.25) is 0 Å². The number of ketones is 1. The maximum Gasteiger partial charge on any atom is 0.300 e. The minimum atomic E-state index is -0.755. The van der Waals surface area contributed by atoms with Gasteiger partial charge in [0, 0.05) is 11.3 Å². The van der Waals surface area contributed by atoms with Crippen LogP contribution in [-0.4, -0.2) is 23.6 Å². The summed E-state index contributed by atoms with van der Waals surface area (Å²) in [5.74, 6) is -0.617. The van der Waals surface area contributed by atoms with Gasteiger partial charge >= 0.3 is 0 Å². The Morgan fingerprint density at radius 1 is 0.935 bits per heavy atom. The Labute approximate surface area is 179 Å². The maximum absolute atomic E-state index is 13.1. The highest BCUT2D eigenvalue weighted by Gasteiger charge is 2.47. The van der Waals surface area contributed by atoms with Crippen LogP contribution in [0.5, 0.6) is 11.5 Å². The largest absolute Gasteiger partial charge is 0.507 e. The second-order valence-electron chi connectivity index (χ2n) is 7.48. The number of ether oxygens (including phenoxy) is 2. The number of hydrogen-bond acceptors (Lipinski definition) is 5. The first-order chi connectivity index (χ1) is 15.0. The number of rotatable bonds is 3. The van der Waals surface area contributed by atoms with Gasteiger partial charge in [-0.3, -0.25) is 14.5 Å². The standard InChI is InChI=1S/C25H19NO5/c1-15-7-10-18(11-8-15)26-22(16-5-3-2-4-6-16)21(24(28)25(26)29)23(27)17-9-12-19-20(13-17)31-14-30-19/h2-13,22,27H,14H2,1H3/b23-21-. The predicted octanol–water partition coefficient (Wildman–Crippen LogP) is 4.35. The van der Waals surface area contributed by atoms with E-state index in [0.29, 0.717) is 22.7 Å². The van der Waals surface area contributed by atoms with Gasteiger partial charge < -0.3 is 14.6 Å². The zero-order chi connectivity index (χ0) is 21.5. The topological polar surface area (TPSA) is 76.1 Å². The Morgan fingerprint density at radius 3 is 2.39 bits per heavy atom. The number of anilines is 1. The number of aryl methyl sites for hydroxylation is 1. The van der Waals surface area contributed by atoms with E-state index in [0.717, 1.165) is 11.1 Å². The van der Waals surface area contributed by atoms with Gasteiger partial charge in [-0.2, -0.15) is 0 Å². The van der Waals surface area contributed by atoms with E-state index in [9.17, 15) is 14.7 Å². The van der Waals surface area contributed by atoms with Gasteiger partial charge in [0.25, 0.3) is 11.7 Å².